The first kappa shape index (κ1) is 16.7. The molecule has 120 valence electrons. The minimum Gasteiger partial charge on any atom is -0.481 e. The normalized spacial score (nSPS) is 18.3. The largest absolute Gasteiger partial charge is 0.481 e. The summed E-state index contributed by atoms with van der Waals surface area (Å²) in [6, 6.07) is 3.97. The van der Waals surface area contributed by atoms with Gasteiger partial charge in [-0.3, -0.25) is 9.59 Å². The zero-order valence-electron chi connectivity index (χ0n) is 12.2. The molecule has 1 aliphatic rings. The first-order valence-corrected chi connectivity index (χ1v) is 7.80. The van der Waals surface area contributed by atoms with E-state index in [1.54, 1.807) is 4.90 Å². The maximum absolute atomic E-state index is 13.0. The number of hydrogen-bond donors (Lipinski definition) is 1. The van der Waals surface area contributed by atoms with Crippen molar-refractivity contribution in [2.45, 2.75) is 44.6 Å². The van der Waals surface area contributed by atoms with Crippen molar-refractivity contribution < 1.29 is 19.1 Å². The molecule has 1 aliphatic heterocycles. The Morgan fingerprint density at radius 2 is 2.14 bits per heavy atom. The van der Waals surface area contributed by atoms with Crippen LogP contribution in [0.5, 0.6) is 0 Å². The minimum absolute atomic E-state index is 0.0310. The van der Waals surface area contributed by atoms with E-state index in [1.165, 1.54) is 18.2 Å². The predicted octanol–water partition coefficient (Wildman–Crippen LogP) is 3.27. The Hall–Kier alpha value is -1.62. The monoisotopic (exact) mass is 327 g/mol. The number of carboxylic acid groups (broad SMARTS) is 1. The van der Waals surface area contributed by atoms with Gasteiger partial charge in [0.2, 0.25) is 5.91 Å². The van der Waals surface area contributed by atoms with Crippen LogP contribution in [0.2, 0.25) is 5.02 Å². The van der Waals surface area contributed by atoms with Crippen LogP contribution in [0.4, 0.5) is 4.39 Å². The molecule has 0 aromatic heterocycles. The summed E-state index contributed by atoms with van der Waals surface area (Å²) in [6.07, 6.45) is 3.40. The Morgan fingerprint density at radius 3 is 2.82 bits per heavy atom. The lowest BCUT2D eigenvalue weighted by molar-refractivity contribution is -0.139. The number of halogens is 2. The zero-order valence-corrected chi connectivity index (χ0v) is 13.0. The fourth-order valence-electron chi connectivity index (χ4n) is 2.85. The lowest BCUT2D eigenvalue weighted by atomic mass is 9.97. The number of amides is 1. The fourth-order valence-corrected chi connectivity index (χ4v) is 3.08. The number of piperidine rings is 1. The second-order valence-corrected chi connectivity index (χ2v) is 5.99. The first-order chi connectivity index (χ1) is 10.5. The second-order valence-electron chi connectivity index (χ2n) is 5.58. The molecule has 0 aliphatic carbocycles. The van der Waals surface area contributed by atoms with Crippen molar-refractivity contribution in [3.05, 3.63) is 34.6 Å². The van der Waals surface area contributed by atoms with Gasteiger partial charge in [0.25, 0.3) is 0 Å². The van der Waals surface area contributed by atoms with E-state index in [2.05, 4.69) is 0 Å². The van der Waals surface area contributed by atoms with Crippen molar-refractivity contribution >= 4 is 23.5 Å². The van der Waals surface area contributed by atoms with E-state index in [4.69, 9.17) is 16.7 Å². The molecule has 0 bridgehead atoms. The van der Waals surface area contributed by atoms with E-state index in [0.29, 0.717) is 18.5 Å². The maximum atomic E-state index is 13.0. The summed E-state index contributed by atoms with van der Waals surface area (Å²) in [4.78, 5) is 25.0. The minimum atomic E-state index is -0.848. The summed E-state index contributed by atoms with van der Waals surface area (Å²) in [7, 11) is 0. The third-order valence-electron chi connectivity index (χ3n) is 4.00. The highest BCUT2D eigenvalue weighted by atomic mass is 35.5. The molecule has 1 N–H and O–H groups in total. The van der Waals surface area contributed by atoms with Gasteiger partial charge in [0.15, 0.2) is 0 Å². The second kappa shape index (κ2) is 7.58. The van der Waals surface area contributed by atoms with Crippen molar-refractivity contribution in [3.8, 4) is 0 Å². The Kier molecular flexibility index (Phi) is 5.77. The molecule has 1 atom stereocenters. The highest BCUT2D eigenvalue weighted by Gasteiger charge is 2.27. The molecular formula is C16H19ClFNO3. The number of hydrogen-bond acceptors (Lipinski definition) is 2. The molecule has 1 amide bonds. The number of aliphatic carboxylic acids is 1. The fraction of sp³-hybridized carbons (Fsp3) is 0.500. The number of likely N-dealkylation sites (tertiary alicyclic amines) is 1. The highest BCUT2D eigenvalue weighted by molar-refractivity contribution is 6.31. The van der Waals surface area contributed by atoms with E-state index < -0.39 is 11.8 Å². The summed E-state index contributed by atoms with van der Waals surface area (Å²) in [5, 5.41) is 9.05. The van der Waals surface area contributed by atoms with E-state index >= 15 is 0 Å². The van der Waals surface area contributed by atoms with Crippen molar-refractivity contribution in [1.82, 2.24) is 4.90 Å². The quantitative estimate of drug-likeness (QED) is 0.903. The smallest absolute Gasteiger partial charge is 0.303 e. The van der Waals surface area contributed by atoms with Crippen LogP contribution in [0.3, 0.4) is 0 Å². The molecular weight excluding hydrogens is 309 g/mol. The summed E-state index contributed by atoms with van der Waals surface area (Å²) >= 11 is 5.96. The summed E-state index contributed by atoms with van der Waals surface area (Å²) in [6.45, 7) is 0.641. The molecule has 1 aromatic carbocycles. The third kappa shape index (κ3) is 4.44. The Morgan fingerprint density at radius 1 is 1.36 bits per heavy atom. The number of carboxylic acids is 1. The van der Waals surface area contributed by atoms with Gasteiger partial charge >= 0.3 is 5.97 Å². The molecule has 1 aromatic rings. The Bertz CT molecular complexity index is 564. The van der Waals surface area contributed by atoms with Gasteiger partial charge in [-0.15, -0.1) is 0 Å². The highest BCUT2D eigenvalue weighted by Crippen LogP contribution is 2.24. The third-order valence-corrected chi connectivity index (χ3v) is 4.35. The van der Waals surface area contributed by atoms with Crippen LogP contribution in [0, 0.1) is 5.82 Å². The molecule has 4 nitrogen and oxygen atoms in total. The summed E-state index contributed by atoms with van der Waals surface area (Å²) < 4.78 is 13.0. The average Bonchev–Trinajstić information content (AvgIpc) is 2.48. The van der Waals surface area contributed by atoms with E-state index in [-0.39, 0.29) is 29.8 Å². The van der Waals surface area contributed by atoms with Crippen LogP contribution in [0.15, 0.2) is 18.2 Å². The topological polar surface area (TPSA) is 57.6 Å². The lowest BCUT2D eigenvalue weighted by Gasteiger charge is -2.36. The standard InChI is InChI=1S/C16H19ClFNO3/c17-14-10-12(18)5-4-11(14)9-15(20)19-8-2-1-3-13(19)6-7-16(21)22/h4-5,10,13H,1-3,6-9H2,(H,21,22). The maximum Gasteiger partial charge on any atom is 0.303 e. The van der Waals surface area contributed by atoms with Crippen molar-refractivity contribution in [2.75, 3.05) is 6.54 Å². The SMILES string of the molecule is O=C(O)CCC1CCCCN1C(=O)Cc1ccc(F)cc1Cl. The Balaban J connectivity index is 2.03. The lowest BCUT2D eigenvalue weighted by Crippen LogP contribution is -2.44. The molecule has 22 heavy (non-hydrogen) atoms. The van der Waals surface area contributed by atoms with Crippen LogP contribution in [-0.2, 0) is 16.0 Å². The number of benzene rings is 1. The van der Waals surface area contributed by atoms with Crippen LogP contribution in [0.1, 0.15) is 37.7 Å². The zero-order chi connectivity index (χ0) is 16.1. The summed E-state index contributed by atoms with van der Waals surface area (Å²) in [5.74, 6) is -1.36. The van der Waals surface area contributed by atoms with Gasteiger partial charge < -0.3 is 10.0 Å². The Labute approximate surface area is 133 Å². The van der Waals surface area contributed by atoms with Crippen LogP contribution in [-0.4, -0.2) is 34.5 Å². The number of nitrogens with zero attached hydrogens (tertiary/aromatic N) is 1. The number of rotatable bonds is 5. The van der Waals surface area contributed by atoms with Gasteiger partial charge in [-0.25, -0.2) is 4.39 Å². The predicted molar refractivity (Wildman–Crippen MR) is 81.3 cm³/mol. The van der Waals surface area contributed by atoms with Crippen molar-refractivity contribution in [3.63, 3.8) is 0 Å². The molecule has 1 heterocycles. The molecule has 0 spiro atoms. The van der Waals surface area contributed by atoms with Gasteiger partial charge in [-0.1, -0.05) is 17.7 Å². The van der Waals surface area contributed by atoms with Gasteiger partial charge in [0, 0.05) is 24.0 Å². The van der Waals surface area contributed by atoms with Crippen LogP contribution < -0.4 is 0 Å². The van der Waals surface area contributed by atoms with Crippen LogP contribution in [0.25, 0.3) is 0 Å². The average molecular weight is 328 g/mol. The molecule has 1 fully saturated rings. The molecule has 0 saturated carbocycles. The van der Waals surface area contributed by atoms with Crippen LogP contribution >= 0.6 is 11.6 Å². The summed E-state index contributed by atoms with van der Waals surface area (Å²) in [5.41, 5.74) is 0.593. The first-order valence-electron chi connectivity index (χ1n) is 7.42. The molecule has 1 saturated heterocycles. The number of carbonyl (C=O) groups excluding carboxylic acids is 1. The van der Waals surface area contributed by atoms with Crippen molar-refractivity contribution in [2.24, 2.45) is 0 Å². The molecule has 0 radical (unpaired) electrons. The van der Waals surface area contributed by atoms with Gasteiger partial charge in [-0.05, 0) is 43.4 Å². The van der Waals surface area contributed by atoms with E-state index in [0.717, 1.165) is 19.3 Å². The van der Waals surface area contributed by atoms with E-state index in [9.17, 15) is 14.0 Å². The molecule has 1 unspecified atom stereocenters. The molecule has 2 rings (SSSR count). The van der Waals surface area contributed by atoms with Gasteiger partial charge in [0.1, 0.15) is 5.82 Å². The van der Waals surface area contributed by atoms with E-state index in [1.807, 2.05) is 0 Å². The van der Waals surface area contributed by atoms with Crippen molar-refractivity contribution in [1.29, 1.82) is 0 Å². The van der Waals surface area contributed by atoms with Gasteiger partial charge in [-0.2, -0.15) is 0 Å². The number of carbonyl (C=O) groups is 2. The molecule has 6 heteroatoms. The van der Waals surface area contributed by atoms with Gasteiger partial charge in [0.05, 0.1) is 6.42 Å².